The maximum atomic E-state index is 12.2. The first-order chi connectivity index (χ1) is 12.1. The van der Waals surface area contributed by atoms with Crippen LogP contribution in [-0.4, -0.2) is 24.7 Å². The zero-order valence-corrected chi connectivity index (χ0v) is 14.9. The number of rotatable bonds is 5. The Balaban J connectivity index is 1.58. The first-order valence-corrected chi connectivity index (χ1v) is 8.65. The number of ether oxygens (including phenoxy) is 1. The van der Waals surface area contributed by atoms with Crippen molar-refractivity contribution in [2.75, 3.05) is 11.9 Å². The zero-order chi connectivity index (χ0) is 17.6. The van der Waals surface area contributed by atoms with Crippen LogP contribution in [0.3, 0.4) is 0 Å². The second-order valence-corrected chi connectivity index (χ2v) is 6.27. The summed E-state index contributed by atoms with van der Waals surface area (Å²) in [6.07, 6.45) is 2.33. The van der Waals surface area contributed by atoms with E-state index in [0.717, 1.165) is 19.3 Å². The summed E-state index contributed by atoms with van der Waals surface area (Å²) in [5.74, 6) is -0.652. The highest BCUT2D eigenvalue weighted by atomic mass is 79.9. The Morgan fingerprint density at radius 1 is 1.16 bits per heavy atom. The molecule has 1 fully saturated rings. The van der Waals surface area contributed by atoms with Gasteiger partial charge in [0, 0.05) is 24.3 Å². The minimum absolute atomic E-state index is 0.166. The lowest BCUT2D eigenvalue weighted by Crippen LogP contribution is -2.33. The second-order valence-electron chi connectivity index (χ2n) is 5.48. The number of benzene rings is 1. The van der Waals surface area contributed by atoms with Gasteiger partial charge < -0.3 is 14.5 Å². The molecule has 1 aliphatic rings. The van der Waals surface area contributed by atoms with Crippen LogP contribution >= 0.6 is 15.9 Å². The van der Waals surface area contributed by atoms with Crippen LogP contribution in [0.25, 0.3) is 0 Å². The van der Waals surface area contributed by atoms with Crippen LogP contribution in [0.15, 0.2) is 45.5 Å². The predicted octanol–water partition coefficient (Wildman–Crippen LogP) is 3.48. The number of hydrogen-bond donors (Lipinski definition) is 2. The van der Waals surface area contributed by atoms with E-state index in [2.05, 4.69) is 26.7 Å². The van der Waals surface area contributed by atoms with Gasteiger partial charge in [0.2, 0.25) is 0 Å². The van der Waals surface area contributed by atoms with Gasteiger partial charge >= 0.3 is 0 Å². The van der Waals surface area contributed by atoms with Gasteiger partial charge in [-0.1, -0.05) is 6.07 Å². The third-order valence-electron chi connectivity index (χ3n) is 3.60. The number of anilines is 1. The predicted molar refractivity (Wildman–Crippen MR) is 92.9 cm³/mol. The van der Waals surface area contributed by atoms with Gasteiger partial charge in [-0.15, -0.1) is 0 Å². The summed E-state index contributed by atoms with van der Waals surface area (Å²) >= 11 is 3.14. The fourth-order valence-corrected chi connectivity index (χ4v) is 2.66. The average molecular weight is 409 g/mol. The molecule has 0 bridgehead atoms. The van der Waals surface area contributed by atoms with Gasteiger partial charge in [0.15, 0.2) is 16.7 Å². The molecule has 2 heterocycles. The second kappa shape index (κ2) is 8.28. The molecule has 1 unspecified atom stereocenters. The molecule has 1 aromatic heterocycles. The molecule has 8 heteroatoms. The third-order valence-corrected chi connectivity index (χ3v) is 4.03. The molecule has 132 valence electrons. The van der Waals surface area contributed by atoms with Crippen LogP contribution in [0.4, 0.5) is 5.69 Å². The monoisotopic (exact) mass is 408 g/mol. The van der Waals surface area contributed by atoms with Crippen molar-refractivity contribution >= 4 is 33.4 Å². The molecule has 1 aromatic carbocycles. The Labute approximate surface area is 152 Å². The molecule has 0 spiro atoms. The topological polar surface area (TPSA) is 89.8 Å². The van der Waals surface area contributed by atoms with Crippen molar-refractivity contribution in [3.63, 3.8) is 0 Å². The summed E-state index contributed by atoms with van der Waals surface area (Å²) in [5.41, 5.74) is 3.21. The van der Waals surface area contributed by atoms with Crippen LogP contribution in [-0.2, 0) is 9.57 Å². The van der Waals surface area contributed by atoms with Crippen molar-refractivity contribution in [1.29, 1.82) is 0 Å². The quantitative estimate of drug-likeness (QED) is 0.739. The van der Waals surface area contributed by atoms with E-state index < -0.39 is 18.1 Å². The number of furan rings is 1. The van der Waals surface area contributed by atoms with E-state index in [-0.39, 0.29) is 5.76 Å². The van der Waals surface area contributed by atoms with Crippen LogP contribution in [0, 0.1) is 0 Å². The lowest BCUT2D eigenvalue weighted by atomic mass is 10.2. The highest BCUT2D eigenvalue weighted by molar-refractivity contribution is 9.10. The van der Waals surface area contributed by atoms with E-state index in [4.69, 9.17) is 14.0 Å². The van der Waals surface area contributed by atoms with Crippen LogP contribution < -0.4 is 10.8 Å². The summed E-state index contributed by atoms with van der Waals surface area (Å²) in [6, 6.07) is 9.70. The van der Waals surface area contributed by atoms with Gasteiger partial charge in [-0.3, -0.25) is 9.59 Å². The van der Waals surface area contributed by atoms with Gasteiger partial charge in [-0.2, -0.15) is 0 Å². The number of nitrogens with one attached hydrogen (secondary N) is 2. The van der Waals surface area contributed by atoms with Gasteiger partial charge in [-0.25, -0.2) is 10.3 Å². The van der Waals surface area contributed by atoms with E-state index in [9.17, 15) is 9.59 Å². The van der Waals surface area contributed by atoms with Gasteiger partial charge in [0.1, 0.15) is 0 Å². The summed E-state index contributed by atoms with van der Waals surface area (Å²) in [4.78, 5) is 29.5. The number of halogens is 1. The SMILES string of the molecule is O=C(NOC1CCCCO1)c1cccc(NC(=O)c2ccc(Br)o2)c1. The lowest BCUT2D eigenvalue weighted by Gasteiger charge is -2.22. The van der Waals surface area contributed by atoms with Crippen molar-refractivity contribution in [3.05, 3.63) is 52.4 Å². The molecule has 7 nitrogen and oxygen atoms in total. The highest BCUT2D eigenvalue weighted by Gasteiger charge is 2.17. The molecule has 1 atom stereocenters. The lowest BCUT2D eigenvalue weighted by molar-refractivity contribution is -0.186. The first kappa shape index (κ1) is 17.7. The highest BCUT2D eigenvalue weighted by Crippen LogP contribution is 2.17. The molecule has 2 aromatic rings. The number of amides is 2. The Morgan fingerprint density at radius 3 is 2.76 bits per heavy atom. The van der Waals surface area contributed by atoms with Crippen molar-refractivity contribution in [2.24, 2.45) is 0 Å². The fraction of sp³-hybridized carbons (Fsp3) is 0.294. The molecule has 25 heavy (non-hydrogen) atoms. The minimum Gasteiger partial charge on any atom is -0.444 e. The first-order valence-electron chi connectivity index (χ1n) is 7.86. The molecule has 2 N–H and O–H groups in total. The van der Waals surface area contributed by atoms with E-state index in [1.54, 1.807) is 36.4 Å². The molecule has 0 radical (unpaired) electrons. The Hall–Kier alpha value is -2.16. The number of hydroxylamine groups is 1. The van der Waals surface area contributed by atoms with E-state index in [0.29, 0.717) is 22.5 Å². The van der Waals surface area contributed by atoms with Gasteiger partial charge in [-0.05, 0) is 59.1 Å². The summed E-state index contributed by atoms with van der Waals surface area (Å²) in [7, 11) is 0. The Morgan fingerprint density at radius 2 is 2.04 bits per heavy atom. The molecular weight excluding hydrogens is 392 g/mol. The molecule has 1 saturated heterocycles. The maximum Gasteiger partial charge on any atom is 0.291 e. The number of carbonyl (C=O) groups is 2. The van der Waals surface area contributed by atoms with E-state index >= 15 is 0 Å². The van der Waals surface area contributed by atoms with Crippen LogP contribution in [0.2, 0.25) is 0 Å². The zero-order valence-electron chi connectivity index (χ0n) is 13.3. The molecule has 3 rings (SSSR count). The standard InChI is InChI=1S/C17H17BrN2O5/c18-14-8-7-13(24-14)17(22)19-12-5-3-4-11(10-12)16(21)20-25-15-6-1-2-9-23-15/h3-5,7-8,10,15H,1-2,6,9H2,(H,19,22)(H,20,21). The third kappa shape index (κ3) is 4.91. The number of carbonyl (C=O) groups excluding carboxylic acids is 2. The molecular formula is C17H17BrN2O5. The minimum atomic E-state index is -0.419. The summed E-state index contributed by atoms with van der Waals surface area (Å²) < 4.78 is 11.0. The van der Waals surface area contributed by atoms with Crippen molar-refractivity contribution in [1.82, 2.24) is 5.48 Å². The van der Waals surface area contributed by atoms with Crippen LogP contribution in [0.1, 0.15) is 40.2 Å². The van der Waals surface area contributed by atoms with Gasteiger partial charge in [0.25, 0.3) is 11.8 Å². The largest absolute Gasteiger partial charge is 0.444 e. The summed E-state index contributed by atoms with van der Waals surface area (Å²) in [5, 5.41) is 2.67. The van der Waals surface area contributed by atoms with Crippen molar-refractivity contribution in [2.45, 2.75) is 25.6 Å². The molecule has 1 aliphatic heterocycles. The average Bonchev–Trinajstić information content (AvgIpc) is 3.07. The van der Waals surface area contributed by atoms with Crippen LogP contribution in [0.5, 0.6) is 0 Å². The van der Waals surface area contributed by atoms with Crippen molar-refractivity contribution in [3.8, 4) is 0 Å². The number of hydrogen-bond acceptors (Lipinski definition) is 5. The summed E-state index contributed by atoms with van der Waals surface area (Å²) in [6.45, 7) is 0.630. The van der Waals surface area contributed by atoms with Gasteiger partial charge in [0.05, 0.1) is 0 Å². The maximum absolute atomic E-state index is 12.2. The van der Waals surface area contributed by atoms with Crippen molar-refractivity contribution < 1.29 is 23.6 Å². The molecule has 0 aliphatic carbocycles. The van der Waals surface area contributed by atoms with E-state index in [1.165, 1.54) is 0 Å². The Kier molecular flexibility index (Phi) is 5.85. The van der Waals surface area contributed by atoms with E-state index in [1.807, 2.05) is 0 Å². The fourth-order valence-electron chi connectivity index (χ4n) is 2.35. The Bertz CT molecular complexity index is 755. The molecule has 2 amide bonds. The normalized spacial score (nSPS) is 17.1. The molecule has 0 saturated carbocycles. The smallest absolute Gasteiger partial charge is 0.291 e.